The first-order valence-electron chi connectivity index (χ1n) is 5.67. The van der Waals surface area contributed by atoms with Gasteiger partial charge in [-0.05, 0) is 24.3 Å². The zero-order valence-electron chi connectivity index (χ0n) is 10.4. The van der Waals surface area contributed by atoms with Gasteiger partial charge < -0.3 is 5.32 Å². The topological polar surface area (TPSA) is 42.0 Å². The zero-order chi connectivity index (χ0) is 13.7. The quantitative estimate of drug-likeness (QED) is 0.922. The third-order valence-electron chi connectivity index (χ3n) is 2.40. The monoisotopic (exact) mass is 296 g/mol. The average molecular weight is 296 g/mol. The lowest BCUT2D eigenvalue weighted by molar-refractivity contribution is -0.118. The summed E-state index contributed by atoms with van der Waals surface area (Å²) in [5, 5.41) is 5.41. The van der Waals surface area contributed by atoms with Crippen LogP contribution in [0.25, 0.3) is 10.6 Å². The van der Waals surface area contributed by atoms with E-state index in [1.165, 1.54) is 35.2 Å². The van der Waals surface area contributed by atoms with Crippen LogP contribution in [-0.2, 0) is 10.5 Å². The predicted molar refractivity (Wildman–Crippen MR) is 77.7 cm³/mol. The number of hydrogen-bond donors (Lipinski definition) is 1. The summed E-state index contributed by atoms with van der Waals surface area (Å²) in [6.45, 7) is 0. The second-order valence-electron chi connectivity index (χ2n) is 3.82. The van der Waals surface area contributed by atoms with E-state index in [0.717, 1.165) is 16.3 Å². The SMILES string of the molecule is CNC(=O)CSCc1csc(-c2ccc(F)cc2)n1. The summed E-state index contributed by atoms with van der Waals surface area (Å²) in [5.41, 5.74) is 1.85. The zero-order valence-corrected chi connectivity index (χ0v) is 12.0. The number of nitrogens with one attached hydrogen (secondary N) is 1. The highest BCUT2D eigenvalue weighted by Crippen LogP contribution is 2.25. The van der Waals surface area contributed by atoms with Gasteiger partial charge in [0, 0.05) is 23.7 Å². The Morgan fingerprint density at radius 3 is 2.84 bits per heavy atom. The van der Waals surface area contributed by atoms with Crippen molar-refractivity contribution in [3.63, 3.8) is 0 Å². The molecular weight excluding hydrogens is 283 g/mol. The number of thioether (sulfide) groups is 1. The van der Waals surface area contributed by atoms with Gasteiger partial charge in [-0.15, -0.1) is 23.1 Å². The average Bonchev–Trinajstić information content (AvgIpc) is 2.88. The molecule has 0 bridgehead atoms. The van der Waals surface area contributed by atoms with Gasteiger partial charge >= 0.3 is 0 Å². The van der Waals surface area contributed by atoms with E-state index in [4.69, 9.17) is 0 Å². The standard InChI is InChI=1S/C13H13FN2OS2/c1-15-12(17)8-18-6-11-7-19-13(16-11)9-2-4-10(14)5-3-9/h2-5,7H,6,8H2,1H3,(H,15,17). The molecule has 100 valence electrons. The minimum atomic E-state index is -0.248. The highest BCUT2D eigenvalue weighted by molar-refractivity contribution is 7.99. The molecule has 3 nitrogen and oxygen atoms in total. The number of hydrogen-bond acceptors (Lipinski definition) is 4. The molecule has 0 unspecified atom stereocenters. The molecule has 1 aromatic heterocycles. The number of amides is 1. The molecule has 0 spiro atoms. The van der Waals surface area contributed by atoms with Gasteiger partial charge in [0.05, 0.1) is 11.4 Å². The minimum absolute atomic E-state index is 0.0130. The van der Waals surface area contributed by atoms with Crippen LogP contribution in [0.2, 0.25) is 0 Å². The van der Waals surface area contributed by atoms with Crippen molar-refractivity contribution >= 4 is 29.0 Å². The molecule has 0 atom stereocenters. The van der Waals surface area contributed by atoms with Crippen LogP contribution in [0.15, 0.2) is 29.6 Å². The molecule has 2 aromatic rings. The van der Waals surface area contributed by atoms with E-state index < -0.39 is 0 Å². The van der Waals surface area contributed by atoms with Crippen molar-refractivity contribution in [3.8, 4) is 10.6 Å². The van der Waals surface area contributed by atoms with E-state index in [1.807, 2.05) is 5.38 Å². The molecule has 1 aromatic carbocycles. The van der Waals surface area contributed by atoms with Gasteiger partial charge in [0.1, 0.15) is 10.8 Å². The maximum absolute atomic E-state index is 12.8. The van der Waals surface area contributed by atoms with E-state index in [1.54, 1.807) is 19.2 Å². The summed E-state index contributed by atoms with van der Waals surface area (Å²) in [6.07, 6.45) is 0. The summed E-state index contributed by atoms with van der Waals surface area (Å²) in [5.74, 6) is 0.894. The number of carbonyl (C=O) groups is 1. The molecule has 0 saturated heterocycles. The van der Waals surface area contributed by atoms with Crippen LogP contribution in [0.3, 0.4) is 0 Å². The number of rotatable bonds is 5. The van der Waals surface area contributed by atoms with Crippen molar-refractivity contribution in [1.82, 2.24) is 10.3 Å². The highest BCUT2D eigenvalue weighted by atomic mass is 32.2. The number of benzene rings is 1. The number of aromatic nitrogens is 1. The van der Waals surface area contributed by atoms with Gasteiger partial charge in [0.2, 0.25) is 5.91 Å². The van der Waals surface area contributed by atoms with Gasteiger partial charge in [-0.25, -0.2) is 9.37 Å². The molecule has 6 heteroatoms. The third kappa shape index (κ3) is 4.04. The summed E-state index contributed by atoms with van der Waals surface area (Å²) in [7, 11) is 1.62. The van der Waals surface area contributed by atoms with Gasteiger partial charge in [0.25, 0.3) is 0 Å². The molecule has 19 heavy (non-hydrogen) atoms. The van der Waals surface area contributed by atoms with Gasteiger partial charge in [0.15, 0.2) is 0 Å². The summed E-state index contributed by atoms with van der Waals surface area (Å²) >= 11 is 3.05. The van der Waals surface area contributed by atoms with E-state index in [2.05, 4.69) is 10.3 Å². The van der Waals surface area contributed by atoms with E-state index in [9.17, 15) is 9.18 Å². The number of nitrogens with zero attached hydrogens (tertiary/aromatic N) is 1. The minimum Gasteiger partial charge on any atom is -0.358 e. The van der Waals surface area contributed by atoms with Crippen LogP contribution < -0.4 is 5.32 Å². The molecule has 1 heterocycles. The Hall–Kier alpha value is -1.40. The summed E-state index contributed by atoms with van der Waals surface area (Å²) < 4.78 is 12.8. The van der Waals surface area contributed by atoms with Crippen molar-refractivity contribution in [2.45, 2.75) is 5.75 Å². The molecule has 0 saturated carbocycles. The summed E-state index contributed by atoms with van der Waals surface area (Å²) in [4.78, 5) is 15.6. The molecule has 0 fully saturated rings. The Bertz CT molecular complexity index is 554. The second-order valence-corrected chi connectivity index (χ2v) is 5.66. The molecule has 0 aliphatic rings. The molecule has 0 radical (unpaired) electrons. The Morgan fingerprint density at radius 1 is 1.42 bits per heavy atom. The van der Waals surface area contributed by atoms with E-state index in [0.29, 0.717) is 11.5 Å². The Balaban J connectivity index is 1.95. The molecule has 2 rings (SSSR count). The fourth-order valence-electron chi connectivity index (χ4n) is 1.42. The molecule has 1 amide bonds. The van der Waals surface area contributed by atoms with Crippen molar-refractivity contribution in [3.05, 3.63) is 41.2 Å². The molecule has 1 N–H and O–H groups in total. The van der Waals surface area contributed by atoms with Crippen LogP contribution in [0.4, 0.5) is 4.39 Å². The third-order valence-corrected chi connectivity index (χ3v) is 4.31. The first-order valence-corrected chi connectivity index (χ1v) is 7.71. The molecule has 0 aliphatic carbocycles. The second kappa shape index (κ2) is 6.68. The van der Waals surface area contributed by atoms with Crippen molar-refractivity contribution in [2.24, 2.45) is 0 Å². The Morgan fingerprint density at radius 2 is 2.16 bits per heavy atom. The Kier molecular flexibility index (Phi) is 4.93. The van der Waals surface area contributed by atoms with Crippen molar-refractivity contribution in [1.29, 1.82) is 0 Å². The molecular formula is C13H13FN2OS2. The smallest absolute Gasteiger partial charge is 0.229 e. The Labute approximate surface area is 119 Å². The highest BCUT2D eigenvalue weighted by Gasteiger charge is 2.06. The lowest BCUT2D eigenvalue weighted by Gasteiger charge is -1.98. The largest absolute Gasteiger partial charge is 0.358 e. The maximum Gasteiger partial charge on any atom is 0.229 e. The van der Waals surface area contributed by atoms with Gasteiger partial charge in [-0.3, -0.25) is 4.79 Å². The van der Waals surface area contributed by atoms with Gasteiger partial charge in [-0.2, -0.15) is 0 Å². The van der Waals surface area contributed by atoms with Gasteiger partial charge in [-0.1, -0.05) is 0 Å². The number of carbonyl (C=O) groups excluding carboxylic acids is 1. The first kappa shape index (κ1) is 14.0. The normalized spacial score (nSPS) is 10.4. The van der Waals surface area contributed by atoms with Crippen LogP contribution in [0.5, 0.6) is 0 Å². The maximum atomic E-state index is 12.8. The number of halogens is 1. The first-order chi connectivity index (χ1) is 9.19. The summed E-state index contributed by atoms with van der Waals surface area (Å²) in [6, 6.07) is 6.29. The lowest BCUT2D eigenvalue weighted by Crippen LogP contribution is -2.19. The van der Waals surface area contributed by atoms with E-state index >= 15 is 0 Å². The predicted octanol–water partition coefficient (Wildman–Crippen LogP) is 2.93. The van der Waals surface area contributed by atoms with Crippen LogP contribution in [0, 0.1) is 5.82 Å². The van der Waals surface area contributed by atoms with Crippen molar-refractivity contribution in [2.75, 3.05) is 12.8 Å². The van der Waals surface area contributed by atoms with E-state index in [-0.39, 0.29) is 11.7 Å². The molecule has 0 aliphatic heterocycles. The fourth-order valence-corrected chi connectivity index (χ4v) is 3.14. The van der Waals surface area contributed by atoms with Crippen LogP contribution >= 0.6 is 23.1 Å². The fraction of sp³-hybridized carbons (Fsp3) is 0.231. The van der Waals surface area contributed by atoms with Crippen molar-refractivity contribution < 1.29 is 9.18 Å². The van der Waals surface area contributed by atoms with Crippen LogP contribution in [0.1, 0.15) is 5.69 Å². The van der Waals surface area contributed by atoms with Crippen LogP contribution in [-0.4, -0.2) is 23.7 Å². The lowest BCUT2D eigenvalue weighted by atomic mass is 10.2. The number of thiazole rings is 1.